The molecule has 2 unspecified atom stereocenters. The van der Waals surface area contributed by atoms with Crippen molar-refractivity contribution in [3.63, 3.8) is 0 Å². The molecule has 0 radical (unpaired) electrons. The zero-order chi connectivity index (χ0) is 15.7. The van der Waals surface area contributed by atoms with E-state index in [4.69, 9.17) is 16.3 Å². The molecule has 0 fully saturated rings. The molecule has 0 bridgehead atoms. The van der Waals surface area contributed by atoms with Gasteiger partial charge in [0, 0.05) is 5.69 Å². The van der Waals surface area contributed by atoms with Crippen LogP contribution in [0.3, 0.4) is 0 Å². The number of aromatic nitrogens is 3. The molecule has 0 saturated carbocycles. The predicted molar refractivity (Wildman–Crippen MR) is 82.4 cm³/mol. The lowest BCUT2D eigenvalue weighted by Gasteiger charge is -2.23. The minimum atomic E-state index is -0.495. The summed E-state index contributed by atoms with van der Waals surface area (Å²) in [4.78, 5) is 21.3. The van der Waals surface area contributed by atoms with Gasteiger partial charge in [-0.25, -0.2) is 14.8 Å². The Bertz CT molecular complexity index is 664. The van der Waals surface area contributed by atoms with Crippen molar-refractivity contribution in [2.75, 3.05) is 7.11 Å². The molecule has 2 aromatic heterocycles. The highest BCUT2D eigenvalue weighted by Crippen LogP contribution is 2.31. The molecule has 0 saturated heterocycles. The normalized spacial score (nSPS) is 14.4. The fourth-order valence-corrected chi connectivity index (χ4v) is 2.59. The topological polar surface area (TPSA) is 57.0 Å². The van der Waals surface area contributed by atoms with Crippen molar-refractivity contribution in [2.45, 2.75) is 39.1 Å². The van der Waals surface area contributed by atoms with Crippen LogP contribution in [0, 0.1) is 12.8 Å². The number of hydrogen-bond donors (Lipinski definition) is 0. The van der Waals surface area contributed by atoms with Crippen LogP contribution in [0.5, 0.6) is 0 Å². The maximum absolute atomic E-state index is 12.2. The Labute approximate surface area is 129 Å². The van der Waals surface area contributed by atoms with Crippen molar-refractivity contribution >= 4 is 28.7 Å². The third-order valence-electron chi connectivity index (χ3n) is 3.41. The fourth-order valence-electron chi connectivity index (χ4n) is 2.44. The minimum Gasteiger partial charge on any atom is -0.467 e. The number of imidazole rings is 1. The van der Waals surface area contributed by atoms with Gasteiger partial charge in [-0.15, -0.1) is 11.6 Å². The van der Waals surface area contributed by atoms with Crippen LogP contribution < -0.4 is 0 Å². The SMILES string of the molecule is COC(=O)C(C(C)C)n1c(C(C)Cl)nc2ccc(C)nc21. The zero-order valence-electron chi connectivity index (χ0n) is 12.9. The summed E-state index contributed by atoms with van der Waals surface area (Å²) in [6.07, 6.45) is 0. The molecule has 0 aliphatic rings. The Morgan fingerprint density at radius 1 is 1.29 bits per heavy atom. The van der Waals surface area contributed by atoms with Crippen LogP contribution in [0.2, 0.25) is 0 Å². The molecule has 0 amide bonds. The lowest BCUT2D eigenvalue weighted by atomic mass is 10.0. The number of carbonyl (C=O) groups is 1. The number of carbonyl (C=O) groups excluding carboxylic acids is 1. The Kier molecular flexibility index (Phi) is 4.52. The number of rotatable bonds is 4. The molecule has 0 aromatic carbocycles. The molecule has 114 valence electrons. The van der Waals surface area contributed by atoms with E-state index in [2.05, 4.69) is 9.97 Å². The summed E-state index contributed by atoms with van der Waals surface area (Å²) >= 11 is 6.25. The van der Waals surface area contributed by atoms with Gasteiger partial charge >= 0.3 is 5.97 Å². The maximum Gasteiger partial charge on any atom is 0.329 e. The van der Waals surface area contributed by atoms with E-state index in [1.165, 1.54) is 7.11 Å². The molecule has 0 spiro atoms. The van der Waals surface area contributed by atoms with Crippen LogP contribution in [-0.2, 0) is 9.53 Å². The molecule has 2 atom stereocenters. The number of methoxy groups -OCH3 is 1. The van der Waals surface area contributed by atoms with Gasteiger partial charge in [-0.3, -0.25) is 4.57 Å². The van der Waals surface area contributed by atoms with Crippen molar-refractivity contribution in [1.29, 1.82) is 0 Å². The molecule has 5 nitrogen and oxygen atoms in total. The van der Waals surface area contributed by atoms with E-state index >= 15 is 0 Å². The Morgan fingerprint density at radius 2 is 1.95 bits per heavy atom. The van der Waals surface area contributed by atoms with Gasteiger partial charge in [0.25, 0.3) is 0 Å². The summed E-state index contributed by atoms with van der Waals surface area (Å²) < 4.78 is 6.77. The standard InChI is InChI=1S/C15H20ClN3O2/c1-8(2)12(15(20)21-5)19-13(10(4)16)18-11-7-6-9(3)17-14(11)19/h6-8,10,12H,1-5H3. The number of fused-ring (bicyclic) bond motifs is 1. The van der Waals surface area contributed by atoms with E-state index in [0.29, 0.717) is 11.5 Å². The number of pyridine rings is 1. The Morgan fingerprint density at radius 3 is 2.48 bits per heavy atom. The molecule has 2 rings (SSSR count). The van der Waals surface area contributed by atoms with Gasteiger partial charge in [0.15, 0.2) is 5.65 Å². The van der Waals surface area contributed by atoms with Crippen LogP contribution in [0.25, 0.3) is 11.2 Å². The third-order valence-corrected chi connectivity index (χ3v) is 3.61. The van der Waals surface area contributed by atoms with E-state index in [0.717, 1.165) is 11.2 Å². The zero-order valence-corrected chi connectivity index (χ0v) is 13.7. The molecular weight excluding hydrogens is 290 g/mol. The highest BCUT2D eigenvalue weighted by molar-refractivity contribution is 6.20. The van der Waals surface area contributed by atoms with Gasteiger partial charge < -0.3 is 4.74 Å². The van der Waals surface area contributed by atoms with Gasteiger partial charge in [0.05, 0.1) is 12.5 Å². The van der Waals surface area contributed by atoms with Gasteiger partial charge in [-0.2, -0.15) is 0 Å². The van der Waals surface area contributed by atoms with Crippen molar-refractivity contribution < 1.29 is 9.53 Å². The number of aryl methyl sites for hydroxylation is 1. The fraction of sp³-hybridized carbons (Fsp3) is 0.533. The third kappa shape index (κ3) is 2.88. The summed E-state index contributed by atoms with van der Waals surface area (Å²) in [5.74, 6) is 0.353. The van der Waals surface area contributed by atoms with Gasteiger partial charge in [-0.05, 0) is 31.9 Å². The van der Waals surface area contributed by atoms with Crippen molar-refractivity contribution in [3.05, 3.63) is 23.7 Å². The first-order valence-corrected chi connectivity index (χ1v) is 7.37. The summed E-state index contributed by atoms with van der Waals surface area (Å²) in [6.45, 7) is 7.67. The quantitative estimate of drug-likeness (QED) is 0.641. The average Bonchev–Trinajstić information content (AvgIpc) is 2.77. The van der Waals surface area contributed by atoms with Crippen LogP contribution in [0.15, 0.2) is 12.1 Å². The van der Waals surface area contributed by atoms with Gasteiger partial charge in [0.1, 0.15) is 17.4 Å². The van der Waals surface area contributed by atoms with Crippen LogP contribution >= 0.6 is 11.6 Å². The Hall–Kier alpha value is -1.62. The van der Waals surface area contributed by atoms with Crippen molar-refractivity contribution in [3.8, 4) is 0 Å². The highest BCUT2D eigenvalue weighted by atomic mass is 35.5. The van der Waals surface area contributed by atoms with E-state index in [1.54, 1.807) is 0 Å². The molecule has 21 heavy (non-hydrogen) atoms. The molecule has 0 aliphatic carbocycles. The lowest BCUT2D eigenvalue weighted by molar-refractivity contribution is -0.146. The van der Waals surface area contributed by atoms with Crippen LogP contribution in [-0.4, -0.2) is 27.6 Å². The number of esters is 1. The van der Waals surface area contributed by atoms with Crippen molar-refractivity contribution in [2.24, 2.45) is 5.92 Å². The van der Waals surface area contributed by atoms with Gasteiger partial charge in [-0.1, -0.05) is 13.8 Å². The van der Waals surface area contributed by atoms with Crippen molar-refractivity contribution in [1.82, 2.24) is 14.5 Å². The summed E-state index contributed by atoms with van der Waals surface area (Å²) in [6, 6.07) is 3.29. The first-order valence-electron chi connectivity index (χ1n) is 6.94. The summed E-state index contributed by atoms with van der Waals surface area (Å²) in [5.41, 5.74) is 2.27. The molecule has 6 heteroatoms. The molecular formula is C15H20ClN3O2. The summed E-state index contributed by atoms with van der Waals surface area (Å²) in [5, 5.41) is -0.328. The second-order valence-electron chi connectivity index (χ2n) is 5.46. The molecule has 0 aliphatic heterocycles. The number of ether oxygens (including phenoxy) is 1. The van der Waals surface area contributed by atoms with E-state index < -0.39 is 6.04 Å². The maximum atomic E-state index is 12.2. The number of nitrogens with zero attached hydrogens (tertiary/aromatic N) is 3. The highest BCUT2D eigenvalue weighted by Gasteiger charge is 2.31. The first-order chi connectivity index (χ1) is 9.86. The number of halogens is 1. The van der Waals surface area contributed by atoms with E-state index in [9.17, 15) is 4.79 Å². The lowest BCUT2D eigenvalue weighted by Crippen LogP contribution is -2.27. The Balaban J connectivity index is 2.76. The van der Waals surface area contributed by atoms with Crippen LogP contribution in [0.4, 0.5) is 0 Å². The van der Waals surface area contributed by atoms with Gasteiger partial charge in [0.2, 0.25) is 0 Å². The van der Waals surface area contributed by atoms with E-state index in [-0.39, 0.29) is 17.3 Å². The smallest absolute Gasteiger partial charge is 0.329 e. The second-order valence-corrected chi connectivity index (χ2v) is 6.12. The second kappa shape index (κ2) is 6.02. The number of alkyl halides is 1. The molecule has 2 aromatic rings. The first kappa shape index (κ1) is 15.8. The monoisotopic (exact) mass is 309 g/mol. The van der Waals surface area contributed by atoms with Crippen LogP contribution in [0.1, 0.15) is 43.7 Å². The largest absolute Gasteiger partial charge is 0.467 e. The number of hydrogen-bond acceptors (Lipinski definition) is 4. The predicted octanol–water partition coefficient (Wildman–Crippen LogP) is 3.41. The molecule has 0 N–H and O–H groups in total. The van der Waals surface area contributed by atoms with E-state index in [1.807, 2.05) is 44.4 Å². The average molecular weight is 310 g/mol. The molecule has 2 heterocycles. The minimum absolute atomic E-state index is 0.0336. The summed E-state index contributed by atoms with van der Waals surface area (Å²) in [7, 11) is 1.39.